The van der Waals surface area contributed by atoms with Crippen LogP contribution in [0.25, 0.3) is 0 Å². The van der Waals surface area contributed by atoms with Crippen LogP contribution in [0.15, 0.2) is 30.6 Å². The van der Waals surface area contributed by atoms with Crippen molar-refractivity contribution in [3.05, 3.63) is 41.2 Å². The van der Waals surface area contributed by atoms with Crippen LogP contribution < -0.4 is 20.4 Å². The zero-order valence-corrected chi connectivity index (χ0v) is 21.3. The number of halogens is 1. The number of piperazine rings is 1. The summed E-state index contributed by atoms with van der Waals surface area (Å²) in [7, 11) is 1.89. The summed E-state index contributed by atoms with van der Waals surface area (Å²) < 4.78 is 0. The SMILES string of the molecule is CC(C)NC[C@@H](C(=O)N1CCN(c2ncnc3c2N(C)CC(=O)N3)C2[C@@H]1[C@H]2C)c1ccc(Cl)cc1. The Morgan fingerprint density at radius 3 is 2.66 bits per heavy atom. The molecule has 2 aliphatic heterocycles. The first-order valence-corrected chi connectivity index (χ1v) is 12.6. The van der Waals surface area contributed by atoms with E-state index in [1.807, 2.05) is 36.2 Å². The van der Waals surface area contributed by atoms with E-state index in [4.69, 9.17) is 11.6 Å². The normalized spacial score (nSPS) is 24.1. The molecule has 186 valence electrons. The third-order valence-corrected chi connectivity index (χ3v) is 7.52. The van der Waals surface area contributed by atoms with Crippen LogP contribution in [0.1, 0.15) is 32.3 Å². The maximum atomic E-state index is 13.9. The molecule has 0 spiro atoms. The topological polar surface area (TPSA) is 93.7 Å². The van der Waals surface area contributed by atoms with Gasteiger partial charge >= 0.3 is 0 Å². The van der Waals surface area contributed by atoms with E-state index in [9.17, 15) is 9.59 Å². The van der Waals surface area contributed by atoms with Gasteiger partial charge < -0.3 is 25.3 Å². The summed E-state index contributed by atoms with van der Waals surface area (Å²) in [5.74, 6) is 1.47. The minimum atomic E-state index is -0.275. The summed E-state index contributed by atoms with van der Waals surface area (Å²) in [5, 5.41) is 6.97. The molecule has 4 atom stereocenters. The molecule has 3 heterocycles. The average Bonchev–Trinajstić information content (AvgIpc) is 3.50. The fourth-order valence-electron chi connectivity index (χ4n) is 5.46. The van der Waals surface area contributed by atoms with Gasteiger partial charge in [-0.1, -0.05) is 44.5 Å². The molecule has 1 saturated heterocycles. The smallest absolute Gasteiger partial charge is 0.245 e. The molecule has 1 saturated carbocycles. The number of fused-ring (bicyclic) bond motifs is 2. The van der Waals surface area contributed by atoms with E-state index in [0.29, 0.717) is 36.4 Å². The highest BCUT2D eigenvalue weighted by Crippen LogP contribution is 2.48. The number of anilines is 3. The third kappa shape index (κ3) is 4.43. The molecule has 35 heavy (non-hydrogen) atoms. The minimum Gasteiger partial charge on any atom is -0.359 e. The average molecular weight is 498 g/mol. The number of aromatic nitrogens is 2. The van der Waals surface area contributed by atoms with Crippen LogP contribution in [0, 0.1) is 5.92 Å². The van der Waals surface area contributed by atoms with Crippen LogP contribution in [0.2, 0.25) is 5.02 Å². The molecular formula is C25H32ClN7O2. The number of carbonyl (C=O) groups excluding carboxylic acids is 2. The number of nitrogens with one attached hydrogen (secondary N) is 2. The second-order valence-corrected chi connectivity index (χ2v) is 10.5. The lowest BCUT2D eigenvalue weighted by Crippen LogP contribution is -2.52. The molecule has 1 aromatic heterocycles. The number of likely N-dealkylation sites (N-methyl/N-ethyl adjacent to an activating group) is 1. The monoisotopic (exact) mass is 497 g/mol. The van der Waals surface area contributed by atoms with E-state index in [0.717, 1.165) is 17.1 Å². The molecular weight excluding hydrogens is 466 g/mol. The maximum absolute atomic E-state index is 13.9. The lowest BCUT2D eigenvalue weighted by Gasteiger charge is -2.38. The van der Waals surface area contributed by atoms with Crippen LogP contribution >= 0.6 is 11.6 Å². The molecule has 1 aliphatic carbocycles. The predicted octanol–water partition coefficient (Wildman–Crippen LogP) is 2.34. The van der Waals surface area contributed by atoms with Crippen molar-refractivity contribution in [2.45, 2.75) is 44.8 Å². The summed E-state index contributed by atoms with van der Waals surface area (Å²) in [6, 6.07) is 8.19. The number of rotatable bonds is 6. The zero-order chi connectivity index (χ0) is 24.9. The van der Waals surface area contributed by atoms with E-state index >= 15 is 0 Å². The van der Waals surface area contributed by atoms with Gasteiger partial charge in [-0.05, 0) is 17.7 Å². The molecule has 2 N–H and O–H groups in total. The Hall–Kier alpha value is -2.91. The highest BCUT2D eigenvalue weighted by Gasteiger charge is 2.59. The molecule has 1 unspecified atom stereocenters. The van der Waals surface area contributed by atoms with Gasteiger partial charge in [-0.3, -0.25) is 9.59 Å². The lowest BCUT2D eigenvalue weighted by molar-refractivity contribution is -0.134. The second kappa shape index (κ2) is 9.28. The number of carbonyl (C=O) groups is 2. The number of benzene rings is 1. The van der Waals surface area contributed by atoms with Gasteiger partial charge in [0.2, 0.25) is 11.8 Å². The first-order chi connectivity index (χ1) is 16.8. The summed E-state index contributed by atoms with van der Waals surface area (Å²) in [6.07, 6.45) is 1.50. The lowest BCUT2D eigenvalue weighted by atomic mass is 9.96. The van der Waals surface area contributed by atoms with Crippen molar-refractivity contribution >= 4 is 40.7 Å². The summed E-state index contributed by atoms with van der Waals surface area (Å²) in [4.78, 5) is 41.0. The van der Waals surface area contributed by atoms with Gasteiger partial charge in [0.15, 0.2) is 11.6 Å². The van der Waals surface area contributed by atoms with Crippen molar-refractivity contribution < 1.29 is 9.59 Å². The van der Waals surface area contributed by atoms with Gasteiger partial charge in [-0.25, -0.2) is 9.97 Å². The van der Waals surface area contributed by atoms with Gasteiger partial charge in [0.1, 0.15) is 12.0 Å². The van der Waals surface area contributed by atoms with E-state index in [2.05, 4.69) is 51.2 Å². The van der Waals surface area contributed by atoms with Gasteiger partial charge in [0.05, 0.1) is 24.5 Å². The van der Waals surface area contributed by atoms with Crippen molar-refractivity contribution in [1.82, 2.24) is 20.2 Å². The molecule has 5 rings (SSSR count). The molecule has 9 nitrogen and oxygen atoms in total. The Bertz CT molecular complexity index is 1130. The van der Waals surface area contributed by atoms with Crippen LogP contribution in [0.5, 0.6) is 0 Å². The fourth-order valence-corrected chi connectivity index (χ4v) is 5.59. The van der Waals surface area contributed by atoms with Crippen molar-refractivity contribution in [2.24, 2.45) is 5.92 Å². The Morgan fingerprint density at radius 1 is 1.20 bits per heavy atom. The Morgan fingerprint density at radius 2 is 1.94 bits per heavy atom. The molecule has 2 amide bonds. The van der Waals surface area contributed by atoms with Gasteiger partial charge in [0, 0.05) is 43.7 Å². The minimum absolute atomic E-state index is 0.0824. The van der Waals surface area contributed by atoms with Crippen LogP contribution in [0.3, 0.4) is 0 Å². The predicted molar refractivity (Wildman–Crippen MR) is 137 cm³/mol. The highest BCUT2D eigenvalue weighted by molar-refractivity contribution is 6.30. The van der Waals surface area contributed by atoms with E-state index in [1.165, 1.54) is 6.33 Å². The molecule has 1 aromatic carbocycles. The number of amides is 2. The van der Waals surface area contributed by atoms with E-state index in [-0.39, 0.29) is 42.4 Å². The largest absolute Gasteiger partial charge is 0.359 e. The highest BCUT2D eigenvalue weighted by atomic mass is 35.5. The summed E-state index contributed by atoms with van der Waals surface area (Å²) >= 11 is 6.11. The third-order valence-electron chi connectivity index (χ3n) is 7.27. The van der Waals surface area contributed by atoms with Gasteiger partial charge in [-0.15, -0.1) is 0 Å². The van der Waals surface area contributed by atoms with E-state index in [1.54, 1.807) is 0 Å². The quantitative estimate of drug-likeness (QED) is 0.632. The molecule has 2 fully saturated rings. The maximum Gasteiger partial charge on any atom is 0.245 e. The number of hydrogen-bond donors (Lipinski definition) is 2. The Kier molecular flexibility index (Phi) is 6.31. The Labute approximate surface area is 210 Å². The first-order valence-electron chi connectivity index (χ1n) is 12.2. The number of hydrogen-bond acceptors (Lipinski definition) is 7. The summed E-state index contributed by atoms with van der Waals surface area (Å²) in [6.45, 7) is 8.50. The molecule has 10 heteroatoms. The molecule has 2 aromatic rings. The first kappa shape index (κ1) is 23.8. The van der Waals surface area contributed by atoms with Crippen LogP contribution in [-0.2, 0) is 9.59 Å². The van der Waals surface area contributed by atoms with E-state index < -0.39 is 0 Å². The van der Waals surface area contributed by atoms with Crippen molar-refractivity contribution in [1.29, 1.82) is 0 Å². The second-order valence-electron chi connectivity index (χ2n) is 10.0. The standard InChI is InChI=1S/C25H32ClN7O2/c1-14(2)27-11-18(16-5-7-17(26)8-6-16)25(35)33-10-9-32(20-15(3)21(20)33)24-22-23(28-13-29-24)30-19(34)12-31(22)4/h5-8,13-15,18,20-21,27H,9-12H2,1-4H3,(H,28,29,30,34)/t15-,18+,20?,21-/m0/s1. The van der Waals surface area contributed by atoms with Crippen LogP contribution in [-0.4, -0.2) is 78.0 Å². The van der Waals surface area contributed by atoms with Gasteiger partial charge in [0.25, 0.3) is 0 Å². The Balaban J connectivity index is 1.39. The molecule has 0 bridgehead atoms. The number of nitrogens with zero attached hydrogens (tertiary/aromatic N) is 5. The molecule has 3 aliphatic rings. The van der Waals surface area contributed by atoms with Crippen molar-refractivity contribution in [2.75, 3.05) is 48.3 Å². The van der Waals surface area contributed by atoms with Crippen molar-refractivity contribution in [3.8, 4) is 0 Å². The van der Waals surface area contributed by atoms with Gasteiger partial charge in [-0.2, -0.15) is 0 Å². The molecule has 0 radical (unpaired) electrons. The summed E-state index contributed by atoms with van der Waals surface area (Å²) in [5.41, 5.74) is 1.81. The van der Waals surface area contributed by atoms with Crippen molar-refractivity contribution in [3.63, 3.8) is 0 Å². The van der Waals surface area contributed by atoms with Crippen LogP contribution in [0.4, 0.5) is 17.3 Å². The fraction of sp³-hybridized carbons (Fsp3) is 0.520. The zero-order valence-electron chi connectivity index (χ0n) is 20.5.